The van der Waals surface area contributed by atoms with Crippen LogP contribution in [0.4, 0.5) is 17.6 Å². The summed E-state index contributed by atoms with van der Waals surface area (Å²) in [6.45, 7) is 0.112. The molecule has 0 unspecified atom stereocenters. The van der Waals surface area contributed by atoms with Gasteiger partial charge in [-0.25, -0.2) is 0 Å². The van der Waals surface area contributed by atoms with Gasteiger partial charge in [0.05, 0.1) is 18.2 Å². The van der Waals surface area contributed by atoms with E-state index in [1.54, 1.807) is 24.3 Å². The maximum Gasteiger partial charge on any atom is 0.461 e. The zero-order valence-corrected chi connectivity index (χ0v) is 13.4. The lowest BCUT2D eigenvalue weighted by molar-refractivity contribution is -0.253. The fourth-order valence-corrected chi connectivity index (χ4v) is 2.83. The van der Waals surface area contributed by atoms with Crippen molar-refractivity contribution >= 4 is 5.91 Å². The molecule has 1 heterocycles. The molecule has 0 aliphatic carbocycles. The molecule has 1 aliphatic rings. The molecule has 1 amide bonds. The van der Waals surface area contributed by atoms with E-state index in [0.717, 1.165) is 11.6 Å². The number of hydrogen-bond acceptors (Lipinski definition) is 3. The van der Waals surface area contributed by atoms with Gasteiger partial charge in [-0.1, -0.05) is 36.4 Å². The number of rotatable bonds is 4. The summed E-state index contributed by atoms with van der Waals surface area (Å²) in [5.41, 5.74) is 1.13. The first-order chi connectivity index (χ1) is 12.3. The number of carbonyl (C=O) groups excluding carboxylic acids is 1. The van der Waals surface area contributed by atoms with Crippen LogP contribution >= 0.6 is 0 Å². The lowest BCUT2D eigenvalue weighted by Crippen LogP contribution is -2.39. The van der Waals surface area contributed by atoms with E-state index < -0.39 is 30.3 Å². The van der Waals surface area contributed by atoms with Gasteiger partial charge in [0.2, 0.25) is 0 Å². The zero-order valence-electron chi connectivity index (χ0n) is 13.4. The number of hydrogen-bond donors (Lipinski definition) is 1. The first-order valence-electron chi connectivity index (χ1n) is 7.78. The highest BCUT2D eigenvalue weighted by Gasteiger charge is 2.44. The molecule has 0 bridgehead atoms. The Morgan fingerprint density at radius 2 is 1.81 bits per heavy atom. The number of amides is 1. The number of β-amino-alcohol motifs (C(OH)–C–C–N with tert-alkyl or cyclic N) is 1. The van der Waals surface area contributed by atoms with Crippen LogP contribution in [0.1, 0.15) is 27.6 Å². The van der Waals surface area contributed by atoms with Gasteiger partial charge < -0.3 is 14.7 Å². The molecule has 0 spiro atoms. The van der Waals surface area contributed by atoms with Crippen molar-refractivity contribution in [3.8, 4) is 5.75 Å². The maximum absolute atomic E-state index is 13.2. The average Bonchev–Trinajstić information content (AvgIpc) is 2.61. The first kappa shape index (κ1) is 18.2. The molecular weight excluding hydrogens is 354 g/mol. The molecule has 1 N–H and O–H groups in total. The second kappa shape index (κ2) is 6.95. The summed E-state index contributed by atoms with van der Waals surface area (Å²) in [7, 11) is 0. The van der Waals surface area contributed by atoms with Crippen molar-refractivity contribution in [2.45, 2.75) is 25.2 Å². The molecule has 0 fully saturated rings. The normalized spacial score (nSPS) is 17.2. The number of fused-ring (bicyclic) bond motifs is 1. The third kappa shape index (κ3) is 3.50. The minimum atomic E-state index is -4.72. The predicted octanol–water partition coefficient (Wildman–Crippen LogP) is 3.61. The van der Waals surface area contributed by atoms with E-state index in [1.807, 2.05) is 0 Å². The molecule has 4 nitrogen and oxygen atoms in total. The zero-order chi connectivity index (χ0) is 18.9. The van der Waals surface area contributed by atoms with Crippen molar-refractivity contribution < 1.29 is 32.2 Å². The minimum absolute atomic E-state index is 0.0462. The molecule has 138 valence electrons. The van der Waals surface area contributed by atoms with Gasteiger partial charge in [0.25, 0.3) is 5.91 Å². The molecular formula is C18H15F4NO3. The van der Waals surface area contributed by atoms with E-state index in [0.29, 0.717) is 5.56 Å². The molecule has 2 aromatic rings. The molecule has 1 aliphatic heterocycles. The fraction of sp³-hybridized carbons (Fsp3) is 0.278. The Hall–Kier alpha value is -2.61. The summed E-state index contributed by atoms with van der Waals surface area (Å²) in [5.74, 6) is -1.34. The quantitative estimate of drug-likeness (QED) is 0.838. The van der Waals surface area contributed by atoms with Crippen LogP contribution in [-0.2, 0) is 6.54 Å². The van der Waals surface area contributed by atoms with Crippen molar-refractivity contribution in [2.75, 3.05) is 6.54 Å². The lowest BCUT2D eigenvalue weighted by atomic mass is 9.97. The van der Waals surface area contributed by atoms with Crippen LogP contribution in [0.3, 0.4) is 0 Å². The summed E-state index contributed by atoms with van der Waals surface area (Å²) in [5, 5.41) is 10.2. The van der Waals surface area contributed by atoms with Gasteiger partial charge in [-0.05, 0) is 23.3 Å². The van der Waals surface area contributed by atoms with Crippen LogP contribution in [0.5, 0.6) is 5.75 Å². The van der Waals surface area contributed by atoms with E-state index >= 15 is 0 Å². The standard InChI is InChI=1S/C18H15F4NO3/c19-17(20)18(21,22)26-15-8-4-3-7-13(15)16(25)23-9-11-5-1-2-6-12(11)14(24)10-23/h1-8,14,17,24H,9-10H2/t14-/m1/s1. The topological polar surface area (TPSA) is 49.8 Å². The summed E-state index contributed by atoms with van der Waals surface area (Å²) in [6.07, 6.45) is -9.68. The van der Waals surface area contributed by atoms with Crippen molar-refractivity contribution in [3.63, 3.8) is 0 Å². The SMILES string of the molecule is O=C(c1ccccc1OC(F)(F)C(F)F)N1Cc2ccccc2[C@H](O)C1. The van der Waals surface area contributed by atoms with Gasteiger partial charge in [0.1, 0.15) is 5.75 Å². The minimum Gasteiger partial charge on any atom is -0.427 e. The summed E-state index contributed by atoms with van der Waals surface area (Å²) >= 11 is 0. The van der Waals surface area contributed by atoms with E-state index in [1.165, 1.54) is 23.1 Å². The van der Waals surface area contributed by atoms with Gasteiger partial charge in [-0.15, -0.1) is 0 Å². The predicted molar refractivity (Wildman–Crippen MR) is 84.2 cm³/mol. The molecule has 1 atom stereocenters. The highest BCUT2D eigenvalue weighted by Crippen LogP contribution is 2.32. The number of aliphatic hydroxyl groups is 1. The van der Waals surface area contributed by atoms with Crippen molar-refractivity contribution in [3.05, 3.63) is 65.2 Å². The molecule has 8 heteroatoms. The Morgan fingerprint density at radius 3 is 2.54 bits per heavy atom. The largest absolute Gasteiger partial charge is 0.461 e. The Bertz CT molecular complexity index is 813. The Kier molecular flexibility index (Phi) is 4.86. The summed E-state index contributed by atoms with van der Waals surface area (Å²) < 4.78 is 55.4. The number of para-hydroxylation sites is 1. The number of aliphatic hydroxyl groups excluding tert-OH is 1. The van der Waals surface area contributed by atoms with E-state index in [2.05, 4.69) is 4.74 Å². The second-order valence-electron chi connectivity index (χ2n) is 5.86. The molecule has 0 saturated heterocycles. The molecule has 0 radical (unpaired) electrons. The summed E-state index contributed by atoms with van der Waals surface area (Å²) in [6, 6.07) is 11.9. The number of nitrogens with zero attached hydrogens (tertiary/aromatic N) is 1. The van der Waals surface area contributed by atoms with Crippen molar-refractivity contribution in [1.82, 2.24) is 4.90 Å². The van der Waals surface area contributed by atoms with Crippen LogP contribution in [0.25, 0.3) is 0 Å². The van der Waals surface area contributed by atoms with Crippen LogP contribution in [0.2, 0.25) is 0 Å². The van der Waals surface area contributed by atoms with E-state index in [-0.39, 0.29) is 18.7 Å². The highest BCUT2D eigenvalue weighted by molar-refractivity contribution is 5.97. The Balaban J connectivity index is 1.88. The molecule has 0 aromatic heterocycles. The van der Waals surface area contributed by atoms with Gasteiger partial charge in [0, 0.05) is 6.54 Å². The van der Waals surface area contributed by atoms with Crippen molar-refractivity contribution in [2.24, 2.45) is 0 Å². The smallest absolute Gasteiger partial charge is 0.427 e. The fourth-order valence-electron chi connectivity index (χ4n) is 2.83. The molecule has 3 rings (SSSR count). The maximum atomic E-state index is 13.2. The van der Waals surface area contributed by atoms with Crippen molar-refractivity contribution in [1.29, 1.82) is 0 Å². The molecule has 26 heavy (non-hydrogen) atoms. The lowest BCUT2D eigenvalue weighted by Gasteiger charge is -2.32. The third-order valence-electron chi connectivity index (χ3n) is 4.07. The molecule has 0 saturated carbocycles. The van der Waals surface area contributed by atoms with Gasteiger partial charge in [0.15, 0.2) is 0 Å². The first-order valence-corrected chi connectivity index (χ1v) is 7.78. The van der Waals surface area contributed by atoms with Crippen LogP contribution in [-0.4, -0.2) is 35.0 Å². The Morgan fingerprint density at radius 1 is 1.15 bits per heavy atom. The van der Waals surface area contributed by atoms with Gasteiger partial charge in [-0.2, -0.15) is 17.6 Å². The number of carbonyl (C=O) groups is 1. The third-order valence-corrected chi connectivity index (χ3v) is 4.07. The Labute approximate surface area is 146 Å². The number of benzene rings is 2. The summed E-state index contributed by atoms with van der Waals surface area (Å²) in [4.78, 5) is 14.0. The van der Waals surface area contributed by atoms with Gasteiger partial charge in [-0.3, -0.25) is 4.79 Å². The van der Waals surface area contributed by atoms with E-state index in [9.17, 15) is 27.5 Å². The highest BCUT2D eigenvalue weighted by atomic mass is 19.3. The van der Waals surface area contributed by atoms with Crippen LogP contribution < -0.4 is 4.74 Å². The van der Waals surface area contributed by atoms with E-state index in [4.69, 9.17) is 0 Å². The number of alkyl halides is 4. The van der Waals surface area contributed by atoms with Crippen LogP contribution in [0, 0.1) is 0 Å². The van der Waals surface area contributed by atoms with Crippen LogP contribution in [0.15, 0.2) is 48.5 Å². The molecule has 2 aromatic carbocycles. The second-order valence-corrected chi connectivity index (χ2v) is 5.86. The number of halogens is 4. The average molecular weight is 369 g/mol. The van der Waals surface area contributed by atoms with Gasteiger partial charge >= 0.3 is 12.5 Å². The monoisotopic (exact) mass is 369 g/mol. The number of ether oxygens (including phenoxy) is 1.